The Kier molecular flexibility index (Phi) is 3.24. The number of nitrogens with zero attached hydrogens (tertiary/aromatic N) is 2. The van der Waals surface area contributed by atoms with Crippen LogP contribution in [0, 0.1) is 19.7 Å². The topological polar surface area (TPSA) is 37.8 Å². The largest absolute Gasteiger partial charge is 0.337 e. The number of para-hydroxylation sites is 1. The second kappa shape index (κ2) is 4.67. The minimum Gasteiger partial charge on any atom is -0.337 e. The zero-order valence-electron chi connectivity index (χ0n) is 9.46. The van der Waals surface area contributed by atoms with Gasteiger partial charge >= 0.3 is 0 Å². The number of nitrogens with one attached hydrogen (secondary N) is 1. The summed E-state index contributed by atoms with van der Waals surface area (Å²) in [6, 6.07) is 6.58. The Morgan fingerprint density at radius 2 is 2.00 bits per heavy atom. The lowest BCUT2D eigenvalue weighted by Gasteiger charge is -2.10. The lowest BCUT2D eigenvalue weighted by molar-refractivity contribution is 0.630. The molecule has 0 aliphatic heterocycles. The molecule has 17 heavy (non-hydrogen) atoms. The first kappa shape index (κ1) is 11.8. The summed E-state index contributed by atoms with van der Waals surface area (Å²) in [5.41, 5.74) is 1.93. The van der Waals surface area contributed by atoms with Crippen molar-refractivity contribution in [1.82, 2.24) is 9.97 Å². The molecule has 1 N–H and O–H groups in total. The van der Waals surface area contributed by atoms with Crippen molar-refractivity contribution >= 4 is 23.1 Å². The molecule has 0 unspecified atom stereocenters. The summed E-state index contributed by atoms with van der Waals surface area (Å²) in [6.07, 6.45) is 0. The summed E-state index contributed by atoms with van der Waals surface area (Å²) in [7, 11) is 0. The van der Waals surface area contributed by atoms with E-state index in [4.69, 9.17) is 11.6 Å². The molecule has 0 spiro atoms. The highest BCUT2D eigenvalue weighted by molar-refractivity contribution is 6.28. The van der Waals surface area contributed by atoms with E-state index in [-0.39, 0.29) is 11.1 Å². The van der Waals surface area contributed by atoms with Gasteiger partial charge in [-0.1, -0.05) is 12.1 Å². The van der Waals surface area contributed by atoms with Gasteiger partial charge in [-0.05, 0) is 37.1 Å². The van der Waals surface area contributed by atoms with Gasteiger partial charge in [0.1, 0.15) is 11.6 Å². The Hall–Kier alpha value is -1.68. The van der Waals surface area contributed by atoms with Crippen molar-refractivity contribution in [3.63, 3.8) is 0 Å². The third-order valence-electron chi connectivity index (χ3n) is 2.30. The molecule has 0 saturated heterocycles. The van der Waals surface area contributed by atoms with Gasteiger partial charge in [-0.15, -0.1) is 0 Å². The van der Waals surface area contributed by atoms with Crippen molar-refractivity contribution in [2.24, 2.45) is 0 Å². The Labute approximate surface area is 104 Å². The van der Waals surface area contributed by atoms with Gasteiger partial charge in [0.25, 0.3) is 0 Å². The van der Waals surface area contributed by atoms with Crippen LogP contribution in [0.15, 0.2) is 24.3 Å². The maximum absolute atomic E-state index is 13.6. The first-order valence-electron chi connectivity index (χ1n) is 5.09. The van der Waals surface area contributed by atoms with Crippen molar-refractivity contribution in [2.45, 2.75) is 13.8 Å². The van der Waals surface area contributed by atoms with Gasteiger partial charge < -0.3 is 5.32 Å². The van der Waals surface area contributed by atoms with Crippen molar-refractivity contribution < 1.29 is 4.39 Å². The van der Waals surface area contributed by atoms with Gasteiger partial charge in [0.15, 0.2) is 0 Å². The molecule has 0 amide bonds. The first-order chi connectivity index (χ1) is 8.06. The average Bonchev–Trinajstić information content (AvgIpc) is 2.22. The molecule has 1 aromatic heterocycles. The fourth-order valence-corrected chi connectivity index (χ4v) is 1.74. The van der Waals surface area contributed by atoms with Crippen LogP contribution in [0.5, 0.6) is 0 Å². The zero-order chi connectivity index (χ0) is 12.4. The second-order valence-electron chi connectivity index (χ2n) is 3.72. The van der Waals surface area contributed by atoms with Crippen molar-refractivity contribution in [3.8, 4) is 0 Å². The van der Waals surface area contributed by atoms with Gasteiger partial charge in [0.2, 0.25) is 5.28 Å². The number of hydrogen-bond acceptors (Lipinski definition) is 3. The van der Waals surface area contributed by atoms with Crippen LogP contribution in [0.1, 0.15) is 11.3 Å². The number of halogens is 2. The predicted octanol–water partition coefficient (Wildman–Crippen LogP) is 3.63. The standard InChI is InChI=1S/C12H11ClFN3/c1-7-4-3-5-9(14)11(7)16-10-6-8(2)15-12(13)17-10/h3-6H,1-2H3,(H,15,16,17). The van der Waals surface area contributed by atoms with E-state index >= 15 is 0 Å². The summed E-state index contributed by atoms with van der Waals surface area (Å²) in [5, 5.41) is 3.05. The normalized spacial score (nSPS) is 10.4. The Balaban J connectivity index is 2.38. The maximum Gasteiger partial charge on any atom is 0.224 e. The highest BCUT2D eigenvalue weighted by Gasteiger charge is 2.07. The van der Waals surface area contributed by atoms with Gasteiger partial charge in [-0.2, -0.15) is 0 Å². The van der Waals surface area contributed by atoms with Gasteiger partial charge in [0, 0.05) is 11.8 Å². The minimum atomic E-state index is -0.322. The zero-order valence-corrected chi connectivity index (χ0v) is 10.2. The molecule has 0 radical (unpaired) electrons. The average molecular weight is 252 g/mol. The predicted molar refractivity (Wildman–Crippen MR) is 66.2 cm³/mol. The lowest BCUT2D eigenvalue weighted by atomic mass is 10.2. The summed E-state index contributed by atoms with van der Waals surface area (Å²) in [6.45, 7) is 3.62. The summed E-state index contributed by atoms with van der Waals surface area (Å²) < 4.78 is 13.6. The van der Waals surface area contributed by atoms with Crippen molar-refractivity contribution in [2.75, 3.05) is 5.32 Å². The third kappa shape index (κ3) is 2.71. The molecule has 5 heteroatoms. The maximum atomic E-state index is 13.6. The van der Waals surface area contributed by atoms with E-state index in [9.17, 15) is 4.39 Å². The Morgan fingerprint density at radius 3 is 2.65 bits per heavy atom. The van der Waals surface area contributed by atoms with Crippen LogP contribution < -0.4 is 5.32 Å². The number of benzene rings is 1. The summed E-state index contributed by atoms with van der Waals surface area (Å²) >= 11 is 5.74. The van der Waals surface area contributed by atoms with Crippen molar-refractivity contribution in [1.29, 1.82) is 0 Å². The Bertz CT molecular complexity index is 517. The lowest BCUT2D eigenvalue weighted by Crippen LogP contribution is -2.00. The molecule has 2 aromatic rings. The SMILES string of the molecule is Cc1cc(Nc2c(C)cccc2F)nc(Cl)n1. The highest BCUT2D eigenvalue weighted by atomic mass is 35.5. The fourth-order valence-electron chi connectivity index (χ4n) is 1.51. The van der Waals surface area contributed by atoms with Gasteiger partial charge in [0.05, 0.1) is 5.69 Å². The van der Waals surface area contributed by atoms with Crippen LogP contribution in [-0.2, 0) is 0 Å². The molecule has 0 aliphatic carbocycles. The van der Waals surface area contributed by atoms with Crippen LogP contribution in [0.4, 0.5) is 15.9 Å². The fraction of sp³-hybridized carbons (Fsp3) is 0.167. The molecule has 0 fully saturated rings. The molecule has 3 nitrogen and oxygen atoms in total. The van der Waals surface area contributed by atoms with Crippen LogP contribution in [0.2, 0.25) is 5.28 Å². The monoisotopic (exact) mass is 251 g/mol. The van der Waals surface area contributed by atoms with E-state index in [0.29, 0.717) is 11.5 Å². The highest BCUT2D eigenvalue weighted by Crippen LogP contribution is 2.23. The molecule has 0 atom stereocenters. The van der Waals surface area contributed by atoms with E-state index in [1.165, 1.54) is 6.07 Å². The summed E-state index contributed by atoms with van der Waals surface area (Å²) in [5.74, 6) is 0.160. The number of hydrogen-bond donors (Lipinski definition) is 1. The van der Waals surface area contributed by atoms with E-state index in [0.717, 1.165) is 11.3 Å². The van der Waals surface area contributed by atoms with Crippen LogP contribution in [0.25, 0.3) is 0 Å². The van der Waals surface area contributed by atoms with Crippen LogP contribution >= 0.6 is 11.6 Å². The van der Waals surface area contributed by atoms with Crippen molar-refractivity contribution in [3.05, 3.63) is 46.6 Å². The van der Waals surface area contributed by atoms with E-state index < -0.39 is 0 Å². The van der Waals surface area contributed by atoms with E-state index in [1.54, 1.807) is 19.1 Å². The third-order valence-corrected chi connectivity index (χ3v) is 2.47. The number of aryl methyl sites for hydroxylation is 2. The number of anilines is 2. The molecule has 1 heterocycles. The van der Waals surface area contributed by atoms with Gasteiger partial charge in [-0.25, -0.2) is 14.4 Å². The van der Waals surface area contributed by atoms with Gasteiger partial charge in [-0.3, -0.25) is 0 Å². The minimum absolute atomic E-state index is 0.140. The number of aromatic nitrogens is 2. The van der Waals surface area contributed by atoms with E-state index in [1.807, 2.05) is 13.0 Å². The molecule has 2 rings (SSSR count). The molecule has 0 aliphatic rings. The smallest absolute Gasteiger partial charge is 0.224 e. The van der Waals surface area contributed by atoms with Crippen LogP contribution in [-0.4, -0.2) is 9.97 Å². The Morgan fingerprint density at radius 1 is 1.24 bits per heavy atom. The molecule has 1 aromatic carbocycles. The van der Waals surface area contributed by atoms with Crippen LogP contribution in [0.3, 0.4) is 0 Å². The molecule has 0 saturated carbocycles. The molecular weight excluding hydrogens is 241 g/mol. The molecular formula is C12H11ClFN3. The quantitative estimate of drug-likeness (QED) is 0.829. The molecule has 0 bridgehead atoms. The first-order valence-corrected chi connectivity index (χ1v) is 5.47. The summed E-state index contributed by atoms with van der Waals surface area (Å²) in [4.78, 5) is 7.93. The number of rotatable bonds is 2. The van der Waals surface area contributed by atoms with E-state index in [2.05, 4.69) is 15.3 Å². The molecule has 88 valence electrons. The second-order valence-corrected chi connectivity index (χ2v) is 4.06.